The number of carbonyl (C=O) groups excluding carboxylic acids is 1. The quantitative estimate of drug-likeness (QED) is 0.651. The highest BCUT2D eigenvalue weighted by atomic mass is 16.6. The number of rotatable bonds is 4. The number of carbonyl (C=O) groups is 2. The molecule has 0 unspecified atom stereocenters. The summed E-state index contributed by atoms with van der Waals surface area (Å²) in [5.74, 6) is -1.08. The van der Waals surface area contributed by atoms with Crippen LogP contribution in [0.2, 0.25) is 0 Å². The van der Waals surface area contributed by atoms with Gasteiger partial charge in [0.2, 0.25) is 0 Å². The highest BCUT2D eigenvalue weighted by molar-refractivity contribution is 5.75. The predicted octanol–water partition coefficient (Wildman–Crippen LogP) is 0.141. The molecule has 0 bridgehead atoms. The van der Waals surface area contributed by atoms with Gasteiger partial charge in [-0.2, -0.15) is 0 Å². The predicted molar refractivity (Wildman–Crippen MR) is 50.5 cm³/mol. The van der Waals surface area contributed by atoms with Crippen molar-refractivity contribution in [2.45, 2.75) is 18.6 Å². The number of ether oxygens (including phenoxy) is 2. The summed E-state index contributed by atoms with van der Waals surface area (Å²) in [6.07, 6.45) is 0.262. The maximum Gasteiger partial charge on any atom is 0.407 e. The minimum absolute atomic E-state index is 0.0944. The topological polar surface area (TPSA) is 84.9 Å². The van der Waals surface area contributed by atoms with Crippen LogP contribution in [-0.4, -0.2) is 42.5 Å². The molecule has 0 aromatic carbocycles. The van der Waals surface area contributed by atoms with Crippen LogP contribution in [0.4, 0.5) is 4.79 Å². The van der Waals surface area contributed by atoms with Crippen LogP contribution in [0.5, 0.6) is 0 Å². The number of hydrogen-bond acceptors (Lipinski definition) is 4. The Balaban J connectivity index is 2.39. The van der Waals surface area contributed by atoms with Crippen LogP contribution in [-0.2, 0) is 14.3 Å². The fourth-order valence-electron chi connectivity index (χ4n) is 1.31. The molecule has 2 N–H and O–H groups in total. The highest BCUT2D eigenvalue weighted by Crippen LogP contribution is 2.13. The second kappa shape index (κ2) is 5.35. The number of amides is 1. The van der Waals surface area contributed by atoms with Crippen molar-refractivity contribution in [2.24, 2.45) is 0 Å². The summed E-state index contributed by atoms with van der Waals surface area (Å²) in [5.41, 5.74) is 0. The summed E-state index contributed by atoms with van der Waals surface area (Å²) >= 11 is 0. The van der Waals surface area contributed by atoms with Crippen LogP contribution in [0.25, 0.3) is 0 Å². The molecular weight excluding hydrogens is 202 g/mol. The number of alkyl carbamates (subject to hydrolysis) is 1. The van der Waals surface area contributed by atoms with Crippen molar-refractivity contribution < 1.29 is 24.2 Å². The highest BCUT2D eigenvalue weighted by Gasteiger charge is 2.35. The van der Waals surface area contributed by atoms with E-state index in [4.69, 9.17) is 9.84 Å². The Kier molecular flexibility index (Phi) is 4.11. The number of carboxylic acids is 1. The zero-order chi connectivity index (χ0) is 11.3. The van der Waals surface area contributed by atoms with Gasteiger partial charge >= 0.3 is 12.1 Å². The van der Waals surface area contributed by atoms with E-state index in [1.54, 1.807) is 0 Å². The number of nitrogens with one attached hydrogen (secondary N) is 1. The van der Waals surface area contributed by atoms with E-state index >= 15 is 0 Å². The molecule has 84 valence electrons. The lowest BCUT2D eigenvalue weighted by Gasteiger charge is -2.15. The molecule has 1 saturated heterocycles. The molecule has 0 aromatic heterocycles. The summed E-state index contributed by atoms with van der Waals surface area (Å²) in [5, 5.41) is 11.2. The lowest BCUT2D eigenvalue weighted by molar-refractivity contribution is -0.148. The van der Waals surface area contributed by atoms with Gasteiger partial charge in [-0.25, -0.2) is 9.59 Å². The van der Waals surface area contributed by atoms with Gasteiger partial charge in [-0.15, -0.1) is 0 Å². The van der Waals surface area contributed by atoms with E-state index in [1.807, 2.05) is 0 Å². The summed E-state index contributed by atoms with van der Waals surface area (Å²) < 4.78 is 9.61. The number of carboxylic acid groups (broad SMARTS) is 1. The number of aliphatic carboxylic acids is 1. The van der Waals surface area contributed by atoms with Crippen LogP contribution in [0.1, 0.15) is 6.42 Å². The van der Waals surface area contributed by atoms with Crippen molar-refractivity contribution >= 4 is 12.1 Å². The first-order valence-corrected chi connectivity index (χ1v) is 4.53. The number of hydrogen-bond donors (Lipinski definition) is 2. The third-order valence-corrected chi connectivity index (χ3v) is 1.97. The molecule has 15 heavy (non-hydrogen) atoms. The van der Waals surface area contributed by atoms with E-state index in [0.29, 0.717) is 13.0 Å². The van der Waals surface area contributed by atoms with Gasteiger partial charge in [-0.1, -0.05) is 12.7 Å². The maximum atomic E-state index is 11.1. The van der Waals surface area contributed by atoms with E-state index in [2.05, 4.69) is 16.6 Å². The van der Waals surface area contributed by atoms with Crippen LogP contribution >= 0.6 is 0 Å². The first kappa shape index (κ1) is 11.5. The molecule has 1 aliphatic rings. The normalized spacial score (nSPS) is 24.5. The molecule has 1 fully saturated rings. The Morgan fingerprint density at radius 3 is 3.00 bits per heavy atom. The van der Waals surface area contributed by atoms with Crippen LogP contribution in [0.3, 0.4) is 0 Å². The Labute approximate surface area is 86.9 Å². The molecule has 1 amide bonds. The summed E-state index contributed by atoms with van der Waals surface area (Å²) in [6, 6.07) is -0.528. The molecule has 2 atom stereocenters. The van der Waals surface area contributed by atoms with Gasteiger partial charge in [-0.3, -0.25) is 0 Å². The molecule has 1 aliphatic heterocycles. The SMILES string of the molecule is C=CCOC(=O)N[C@H]1CCO[C@H]1C(=O)O. The lowest BCUT2D eigenvalue weighted by atomic mass is 10.1. The van der Waals surface area contributed by atoms with Crippen molar-refractivity contribution in [3.63, 3.8) is 0 Å². The Hall–Kier alpha value is -1.56. The standard InChI is InChI=1S/C9H13NO5/c1-2-4-15-9(13)10-6-3-5-14-7(6)8(11)12/h2,6-7H,1,3-5H2,(H,10,13)(H,11,12)/t6-,7+/m0/s1. The molecule has 6 nitrogen and oxygen atoms in total. The van der Waals surface area contributed by atoms with Crippen molar-refractivity contribution in [3.8, 4) is 0 Å². The molecule has 1 rings (SSSR count). The van der Waals surface area contributed by atoms with Crippen LogP contribution < -0.4 is 5.32 Å². The fourth-order valence-corrected chi connectivity index (χ4v) is 1.31. The molecule has 0 spiro atoms. The molecule has 0 saturated carbocycles. The Morgan fingerprint density at radius 2 is 2.40 bits per heavy atom. The minimum Gasteiger partial charge on any atom is -0.479 e. The van der Waals surface area contributed by atoms with Crippen molar-refractivity contribution in [1.29, 1.82) is 0 Å². The van der Waals surface area contributed by atoms with Crippen LogP contribution in [0, 0.1) is 0 Å². The second-order valence-electron chi connectivity index (χ2n) is 3.06. The summed E-state index contributed by atoms with van der Waals surface area (Å²) in [4.78, 5) is 21.8. The molecule has 0 radical (unpaired) electrons. The van der Waals surface area contributed by atoms with Crippen molar-refractivity contribution in [2.75, 3.05) is 13.2 Å². The van der Waals surface area contributed by atoms with E-state index in [0.717, 1.165) is 0 Å². The largest absolute Gasteiger partial charge is 0.479 e. The Bertz CT molecular complexity index is 265. The third kappa shape index (κ3) is 3.25. The average Bonchev–Trinajstić information content (AvgIpc) is 2.62. The monoisotopic (exact) mass is 215 g/mol. The second-order valence-corrected chi connectivity index (χ2v) is 3.06. The van der Waals surface area contributed by atoms with Gasteiger partial charge in [0.05, 0.1) is 6.04 Å². The van der Waals surface area contributed by atoms with Gasteiger partial charge in [0.1, 0.15) is 6.61 Å². The summed E-state index contributed by atoms with van der Waals surface area (Å²) in [6.45, 7) is 3.80. The average molecular weight is 215 g/mol. The summed E-state index contributed by atoms with van der Waals surface area (Å²) in [7, 11) is 0. The zero-order valence-corrected chi connectivity index (χ0v) is 8.14. The van der Waals surface area contributed by atoms with Gasteiger partial charge in [-0.05, 0) is 6.42 Å². The molecular formula is C9H13NO5. The molecule has 0 aliphatic carbocycles. The fraction of sp³-hybridized carbons (Fsp3) is 0.556. The molecule has 6 heteroatoms. The lowest BCUT2D eigenvalue weighted by Crippen LogP contribution is -2.44. The Morgan fingerprint density at radius 1 is 1.67 bits per heavy atom. The van der Waals surface area contributed by atoms with E-state index in [1.165, 1.54) is 6.08 Å². The van der Waals surface area contributed by atoms with Gasteiger partial charge in [0.15, 0.2) is 6.10 Å². The van der Waals surface area contributed by atoms with E-state index < -0.39 is 24.2 Å². The molecule has 0 aromatic rings. The smallest absolute Gasteiger partial charge is 0.407 e. The van der Waals surface area contributed by atoms with E-state index in [9.17, 15) is 9.59 Å². The first-order chi connectivity index (χ1) is 7.15. The van der Waals surface area contributed by atoms with Gasteiger partial charge in [0, 0.05) is 6.61 Å². The molecule has 1 heterocycles. The van der Waals surface area contributed by atoms with Crippen molar-refractivity contribution in [3.05, 3.63) is 12.7 Å². The first-order valence-electron chi connectivity index (χ1n) is 4.53. The third-order valence-electron chi connectivity index (χ3n) is 1.97. The van der Waals surface area contributed by atoms with Crippen LogP contribution in [0.15, 0.2) is 12.7 Å². The van der Waals surface area contributed by atoms with Crippen molar-refractivity contribution in [1.82, 2.24) is 5.32 Å². The van der Waals surface area contributed by atoms with E-state index in [-0.39, 0.29) is 6.61 Å². The van der Waals surface area contributed by atoms with Gasteiger partial charge < -0.3 is 19.9 Å². The zero-order valence-electron chi connectivity index (χ0n) is 8.14. The van der Waals surface area contributed by atoms with Gasteiger partial charge in [0.25, 0.3) is 0 Å². The maximum absolute atomic E-state index is 11.1. The minimum atomic E-state index is -1.08.